The molecule has 0 spiro atoms. The van der Waals surface area contributed by atoms with Gasteiger partial charge < -0.3 is 19.5 Å². The molecule has 2 aliphatic heterocycles. The van der Waals surface area contributed by atoms with Gasteiger partial charge in [0.2, 0.25) is 0 Å². The summed E-state index contributed by atoms with van der Waals surface area (Å²) in [6.45, 7) is 9.24. The number of hydrogen-bond acceptors (Lipinski definition) is 5. The van der Waals surface area contributed by atoms with Gasteiger partial charge in [0.05, 0.1) is 19.8 Å². The lowest BCUT2D eigenvalue weighted by Crippen LogP contribution is -2.61. The maximum atomic E-state index is 10.1. The summed E-state index contributed by atoms with van der Waals surface area (Å²) in [5, 5.41) is 10.8. The summed E-state index contributed by atoms with van der Waals surface area (Å²) in [5.41, 5.74) is 1.13. The molecule has 1 N–H and O–H groups in total. The first-order valence-corrected chi connectivity index (χ1v) is 10.5. The standard InChI is InChI=1S/C21H33ClN2O3/c1-4-26-18-11-16(17(22)12-19(18)27-5-2)13-24-10-8-21(15-25)7-6-9-23(3)20(21)14-24/h11-12,20,25H,4-10,13-15H2,1-3H3/t20-,21-/m1/s1. The normalized spacial score (nSPS) is 26.6. The molecule has 6 heteroatoms. The van der Waals surface area contributed by atoms with Crippen molar-refractivity contribution < 1.29 is 14.6 Å². The quantitative estimate of drug-likeness (QED) is 0.765. The molecule has 1 aromatic carbocycles. The molecule has 0 bridgehead atoms. The molecular formula is C21H33ClN2O3. The molecule has 0 aromatic heterocycles. The van der Waals surface area contributed by atoms with E-state index in [1.807, 2.05) is 26.0 Å². The van der Waals surface area contributed by atoms with Gasteiger partial charge in [-0.3, -0.25) is 4.90 Å². The van der Waals surface area contributed by atoms with Crippen LogP contribution in [0.25, 0.3) is 0 Å². The highest BCUT2D eigenvalue weighted by molar-refractivity contribution is 6.31. The van der Waals surface area contributed by atoms with Gasteiger partial charge in [0, 0.05) is 35.6 Å². The third-order valence-corrected chi connectivity index (χ3v) is 6.55. The van der Waals surface area contributed by atoms with Gasteiger partial charge in [0.25, 0.3) is 0 Å². The number of likely N-dealkylation sites (tertiary alicyclic amines) is 2. The lowest BCUT2D eigenvalue weighted by molar-refractivity contribution is -0.0684. The summed E-state index contributed by atoms with van der Waals surface area (Å²) < 4.78 is 11.4. The van der Waals surface area contributed by atoms with Crippen molar-refractivity contribution in [2.75, 3.05) is 46.5 Å². The molecule has 0 amide bonds. The minimum absolute atomic E-state index is 0.0581. The Balaban J connectivity index is 1.76. The fourth-order valence-electron chi connectivity index (χ4n) is 4.69. The molecule has 1 aromatic rings. The number of rotatable bonds is 7. The monoisotopic (exact) mass is 396 g/mol. The molecule has 0 unspecified atom stereocenters. The van der Waals surface area contributed by atoms with Gasteiger partial charge in [-0.25, -0.2) is 0 Å². The van der Waals surface area contributed by atoms with E-state index in [0.29, 0.717) is 25.0 Å². The van der Waals surface area contributed by atoms with E-state index in [2.05, 4.69) is 16.8 Å². The first kappa shape index (κ1) is 20.7. The first-order valence-electron chi connectivity index (χ1n) is 10.1. The van der Waals surface area contributed by atoms with E-state index in [1.54, 1.807) is 0 Å². The lowest BCUT2D eigenvalue weighted by atomic mass is 9.69. The number of aliphatic hydroxyl groups excluding tert-OH is 1. The van der Waals surface area contributed by atoms with Gasteiger partial charge in [-0.1, -0.05) is 11.6 Å². The van der Waals surface area contributed by atoms with E-state index < -0.39 is 0 Å². The zero-order valence-corrected chi connectivity index (χ0v) is 17.6. The fraction of sp³-hybridized carbons (Fsp3) is 0.714. The molecular weight excluding hydrogens is 364 g/mol. The van der Waals surface area contributed by atoms with E-state index in [9.17, 15) is 5.11 Å². The van der Waals surface area contributed by atoms with Gasteiger partial charge in [-0.2, -0.15) is 0 Å². The number of ether oxygens (including phenoxy) is 2. The highest BCUT2D eigenvalue weighted by atomic mass is 35.5. The number of likely N-dealkylation sites (N-methyl/N-ethyl adjacent to an activating group) is 1. The third-order valence-electron chi connectivity index (χ3n) is 6.20. The highest BCUT2D eigenvalue weighted by Gasteiger charge is 2.46. The predicted octanol–water partition coefficient (Wildman–Crippen LogP) is 3.42. The van der Waals surface area contributed by atoms with Crippen LogP contribution in [0.4, 0.5) is 0 Å². The Morgan fingerprint density at radius 1 is 1.15 bits per heavy atom. The Kier molecular flexibility index (Phi) is 6.90. The summed E-state index contributed by atoms with van der Waals surface area (Å²) in [6, 6.07) is 4.30. The third kappa shape index (κ3) is 4.37. The molecule has 2 heterocycles. The van der Waals surface area contributed by atoms with Crippen molar-refractivity contribution in [2.45, 2.75) is 45.7 Å². The van der Waals surface area contributed by atoms with Crippen LogP contribution in [0.1, 0.15) is 38.7 Å². The lowest BCUT2D eigenvalue weighted by Gasteiger charge is -2.53. The summed E-state index contributed by atoms with van der Waals surface area (Å²) in [4.78, 5) is 4.88. The van der Waals surface area contributed by atoms with E-state index in [-0.39, 0.29) is 12.0 Å². The van der Waals surface area contributed by atoms with Crippen LogP contribution in [0.2, 0.25) is 5.02 Å². The van der Waals surface area contributed by atoms with Gasteiger partial charge in [-0.05, 0) is 64.9 Å². The van der Waals surface area contributed by atoms with Crippen molar-refractivity contribution in [2.24, 2.45) is 5.41 Å². The molecule has 2 fully saturated rings. The maximum absolute atomic E-state index is 10.1. The Bertz CT molecular complexity index is 642. The zero-order chi connectivity index (χ0) is 19.4. The fourth-order valence-corrected chi connectivity index (χ4v) is 4.91. The van der Waals surface area contributed by atoms with Crippen LogP contribution in [0, 0.1) is 5.41 Å². The van der Waals surface area contributed by atoms with Crippen LogP contribution in [-0.4, -0.2) is 67.5 Å². The van der Waals surface area contributed by atoms with Crippen molar-refractivity contribution in [1.29, 1.82) is 0 Å². The van der Waals surface area contributed by atoms with E-state index in [4.69, 9.17) is 21.1 Å². The Hall–Kier alpha value is -1.01. The van der Waals surface area contributed by atoms with Crippen LogP contribution in [0.15, 0.2) is 12.1 Å². The first-order chi connectivity index (χ1) is 13.0. The minimum atomic E-state index is 0.0581. The molecule has 0 radical (unpaired) electrons. The Labute approximate surface area is 168 Å². The molecule has 152 valence electrons. The Morgan fingerprint density at radius 3 is 2.52 bits per heavy atom. The molecule has 2 atom stereocenters. The molecule has 5 nitrogen and oxygen atoms in total. The number of halogens is 1. The number of fused-ring (bicyclic) bond motifs is 1. The number of benzene rings is 1. The summed E-state index contributed by atoms with van der Waals surface area (Å²) in [7, 11) is 2.19. The van der Waals surface area contributed by atoms with Crippen LogP contribution in [0.5, 0.6) is 11.5 Å². The van der Waals surface area contributed by atoms with E-state index in [1.165, 1.54) is 6.42 Å². The van der Waals surface area contributed by atoms with Gasteiger partial charge in [0.1, 0.15) is 0 Å². The molecule has 2 saturated heterocycles. The summed E-state index contributed by atoms with van der Waals surface area (Å²) >= 11 is 6.56. The highest BCUT2D eigenvalue weighted by Crippen LogP contribution is 2.42. The molecule has 27 heavy (non-hydrogen) atoms. The molecule has 3 rings (SSSR count). The van der Waals surface area contributed by atoms with Crippen molar-refractivity contribution >= 4 is 11.6 Å². The van der Waals surface area contributed by atoms with Gasteiger partial charge in [-0.15, -0.1) is 0 Å². The van der Waals surface area contributed by atoms with E-state index >= 15 is 0 Å². The largest absolute Gasteiger partial charge is 0.490 e. The topological polar surface area (TPSA) is 45.2 Å². The SMILES string of the molecule is CCOc1cc(Cl)c(CN2CC[C@@]3(CO)CCCN(C)[C@@H]3C2)cc1OCC. The number of hydrogen-bond donors (Lipinski definition) is 1. The van der Waals surface area contributed by atoms with Crippen LogP contribution in [-0.2, 0) is 6.54 Å². The van der Waals surface area contributed by atoms with Crippen molar-refractivity contribution in [1.82, 2.24) is 9.80 Å². The Morgan fingerprint density at radius 2 is 1.85 bits per heavy atom. The summed E-state index contributed by atoms with van der Waals surface area (Å²) in [6.07, 6.45) is 3.34. The van der Waals surface area contributed by atoms with Crippen molar-refractivity contribution in [3.05, 3.63) is 22.7 Å². The van der Waals surface area contributed by atoms with Crippen LogP contribution < -0.4 is 9.47 Å². The van der Waals surface area contributed by atoms with Crippen LogP contribution in [0.3, 0.4) is 0 Å². The molecule has 0 saturated carbocycles. The molecule has 0 aliphatic carbocycles. The van der Waals surface area contributed by atoms with Gasteiger partial charge in [0.15, 0.2) is 11.5 Å². The van der Waals surface area contributed by atoms with E-state index in [0.717, 1.165) is 55.4 Å². The number of nitrogens with zero attached hydrogens (tertiary/aromatic N) is 2. The minimum Gasteiger partial charge on any atom is -0.490 e. The second-order valence-corrected chi connectivity index (χ2v) is 8.27. The number of aliphatic hydroxyl groups is 1. The average Bonchev–Trinajstić information content (AvgIpc) is 2.66. The summed E-state index contributed by atoms with van der Waals surface area (Å²) in [5.74, 6) is 1.47. The van der Waals surface area contributed by atoms with Gasteiger partial charge >= 0.3 is 0 Å². The average molecular weight is 397 g/mol. The maximum Gasteiger partial charge on any atom is 0.162 e. The smallest absolute Gasteiger partial charge is 0.162 e. The van der Waals surface area contributed by atoms with Crippen molar-refractivity contribution in [3.8, 4) is 11.5 Å². The second kappa shape index (κ2) is 8.99. The zero-order valence-electron chi connectivity index (χ0n) is 16.8. The van der Waals surface area contributed by atoms with Crippen molar-refractivity contribution in [3.63, 3.8) is 0 Å². The second-order valence-electron chi connectivity index (χ2n) is 7.86. The molecule has 2 aliphatic rings. The van der Waals surface area contributed by atoms with Crippen LogP contribution >= 0.6 is 11.6 Å². The predicted molar refractivity (Wildman–Crippen MR) is 109 cm³/mol. The number of piperidine rings is 2.